The summed E-state index contributed by atoms with van der Waals surface area (Å²) in [5.41, 5.74) is 0.895. The summed E-state index contributed by atoms with van der Waals surface area (Å²) in [7, 11) is 0. The van der Waals surface area contributed by atoms with Crippen molar-refractivity contribution >= 4 is 17.5 Å². The average molecular weight is 356 g/mol. The number of anilines is 1. The van der Waals surface area contributed by atoms with Crippen molar-refractivity contribution in [2.75, 3.05) is 5.32 Å². The van der Waals surface area contributed by atoms with Gasteiger partial charge in [-0.15, -0.1) is 0 Å². The molecule has 2 aliphatic rings. The molecule has 0 spiro atoms. The molecule has 1 unspecified atom stereocenters. The van der Waals surface area contributed by atoms with Gasteiger partial charge in [0.05, 0.1) is 5.54 Å². The van der Waals surface area contributed by atoms with Gasteiger partial charge in [-0.3, -0.25) is 9.59 Å². The van der Waals surface area contributed by atoms with Crippen LogP contribution >= 0.6 is 0 Å². The van der Waals surface area contributed by atoms with E-state index in [4.69, 9.17) is 0 Å². The lowest BCUT2D eigenvalue weighted by molar-refractivity contribution is -0.121. The Labute approximate surface area is 154 Å². The van der Waals surface area contributed by atoms with Crippen LogP contribution in [0.25, 0.3) is 0 Å². The number of hydrogen-bond donors (Lipinski definition) is 3. The van der Waals surface area contributed by atoms with Crippen molar-refractivity contribution < 1.29 is 14.7 Å². The van der Waals surface area contributed by atoms with Crippen LogP contribution in [0.5, 0.6) is 0 Å². The molecular weight excluding hydrogens is 328 g/mol. The topological polar surface area (TPSA) is 78.4 Å². The zero-order valence-electron chi connectivity index (χ0n) is 15.6. The van der Waals surface area contributed by atoms with Gasteiger partial charge < -0.3 is 15.7 Å². The third kappa shape index (κ3) is 3.62. The van der Waals surface area contributed by atoms with E-state index in [0.717, 1.165) is 6.42 Å². The highest BCUT2D eigenvalue weighted by Gasteiger charge is 2.43. The van der Waals surface area contributed by atoms with Gasteiger partial charge in [0.25, 0.3) is 11.8 Å². The molecule has 5 heteroatoms. The number of carbonyl (C=O) groups is 2. The van der Waals surface area contributed by atoms with E-state index in [1.54, 1.807) is 6.92 Å². The van der Waals surface area contributed by atoms with Crippen molar-refractivity contribution in [2.45, 2.75) is 70.3 Å². The lowest BCUT2D eigenvalue weighted by atomic mass is 9.84. The molecule has 140 valence electrons. The second-order valence-corrected chi connectivity index (χ2v) is 7.67. The zero-order chi connectivity index (χ0) is 18.7. The monoisotopic (exact) mass is 356 g/mol. The van der Waals surface area contributed by atoms with Gasteiger partial charge in [0.15, 0.2) is 0 Å². The van der Waals surface area contributed by atoms with E-state index in [-0.39, 0.29) is 11.3 Å². The predicted molar refractivity (Wildman–Crippen MR) is 102 cm³/mol. The first-order valence-electron chi connectivity index (χ1n) is 9.62. The molecular formula is C21H28N2O3. The third-order valence-corrected chi connectivity index (χ3v) is 5.60. The van der Waals surface area contributed by atoms with Crippen molar-refractivity contribution in [1.29, 1.82) is 0 Å². The van der Waals surface area contributed by atoms with Crippen LogP contribution in [0.2, 0.25) is 0 Å². The van der Waals surface area contributed by atoms with Crippen LogP contribution in [0, 0.1) is 0 Å². The maximum atomic E-state index is 12.5. The van der Waals surface area contributed by atoms with Crippen molar-refractivity contribution in [2.24, 2.45) is 0 Å². The third-order valence-electron chi connectivity index (χ3n) is 5.60. The van der Waals surface area contributed by atoms with Crippen LogP contribution in [0.15, 0.2) is 35.6 Å². The highest BCUT2D eigenvalue weighted by molar-refractivity contribution is 6.24. The number of aliphatic hydroxyl groups is 1. The van der Waals surface area contributed by atoms with Gasteiger partial charge in [0, 0.05) is 5.69 Å². The molecule has 0 aromatic heterocycles. The Bertz CT molecular complexity index is 717. The predicted octanol–water partition coefficient (Wildman–Crippen LogP) is 4.17. The number of nitrogens with one attached hydrogen (secondary N) is 2. The molecule has 1 heterocycles. The van der Waals surface area contributed by atoms with E-state index < -0.39 is 17.4 Å². The summed E-state index contributed by atoms with van der Waals surface area (Å²) in [4.78, 5) is 24.7. The Morgan fingerprint density at radius 3 is 2.50 bits per heavy atom. The summed E-state index contributed by atoms with van der Waals surface area (Å²) in [5, 5.41) is 15.9. The standard InChI is InChI=1S/C21H28N2O3/c1-3-13-21(2)18(24)17(20(26)23-21)19(25)22-16-11-9-15(10-12-16)14-7-5-4-6-8-14/h9-12,14,24H,3-8,13H2,1-2H3,(H,22,25)(H,23,26). The number of amides is 2. The minimum Gasteiger partial charge on any atom is -0.509 e. The van der Waals surface area contributed by atoms with Crippen molar-refractivity contribution in [3.63, 3.8) is 0 Å². The van der Waals surface area contributed by atoms with Crippen LogP contribution in [0.1, 0.15) is 70.3 Å². The summed E-state index contributed by atoms with van der Waals surface area (Å²) >= 11 is 0. The molecule has 1 aromatic rings. The second kappa shape index (κ2) is 7.52. The molecule has 5 nitrogen and oxygen atoms in total. The minimum atomic E-state index is -0.858. The largest absolute Gasteiger partial charge is 0.509 e. The minimum absolute atomic E-state index is 0.166. The molecule has 1 aliphatic carbocycles. The first-order valence-corrected chi connectivity index (χ1v) is 9.62. The van der Waals surface area contributed by atoms with E-state index in [9.17, 15) is 14.7 Å². The lowest BCUT2D eigenvalue weighted by Crippen LogP contribution is -2.41. The number of aliphatic hydroxyl groups excluding tert-OH is 1. The van der Waals surface area contributed by atoms with Crippen molar-refractivity contribution in [1.82, 2.24) is 5.32 Å². The summed E-state index contributed by atoms with van der Waals surface area (Å²) in [6.07, 6.45) is 7.70. The number of rotatable bonds is 5. The smallest absolute Gasteiger partial charge is 0.264 e. The fraction of sp³-hybridized carbons (Fsp3) is 0.524. The molecule has 0 bridgehead atoms. The van der Waals surface area contributed by atoms with Crippen molar-refractivity contribution in [3.05, 3.63) is 41.2 Å². The van der Waals surface area contributed by atoms with E-state index in [2.05, 4.69) is 22.8 Å². The molecule has 1 aromatic carbocycles. The van der Waals surface area contributed by atoms with Gasteiger partial charge in [-0.25, -0.2) is 0 Å². The zero-order valence-corrected chi connectivity index (χ0v) is 15.6. The lowest BCUT2D eigenvalue weighted by Gasteiger charge is -2.23. The Hall–Kier alpha value is -2.30. The quantitative estimate of drug-likeness (QED) is 0.693. The van der Waals surface area contributed by atoms with Gasteiger partial charge >= 0.3 is 0 Å². The fourth-order valence-electron chi connectivity index (χ4n) is 4.12. The second-order valence-electron chi connectivity index (χ2n) is 7.67. The van der Waals surface area contributed by atoms with E-state index in [1.807, 2.05) is 19.1 Å². The molecule has 0 saturated heterocycles. The fourth-order valence-corrected chi connectivity index (χ4v) is 4.12. The summed E-state index contributed by atoms with van der Waals surface area (Å²) < 4.78 is 0. The van der Waals surface area contributed by atoms with Gasteiger partial charge in [-0.05, 0) is 49.8 Å². The molecule has 1 fully saturated rings. The SMILES string of the molecule is CCCC1(C)NC(=O)C(C(=O)Nc2ccc(C3CCCCC3)cc2)=C1O. The maximum Gasteiger partial charge on any atom is 0.264 e. The molecule has 2 amide bonds. The van der Waals surface area contributed by atoms with Crippen LogP contribution in [-0.2, 0) is 9.59 Å². The number of benzene rings is 1. The Morgan fingerprint density at radius 2 is 1.88 bits per heavy atom. The summed E-state index contributed by atoms with van der Waals surface area (Å²) in [6, 6.07) is 7.85. The number of hydrogen-bond acceptors (Lipinski definition) is 3. The van der Waals surface area contributed by atoms with Crippen LogP contribution < -0.4 is 10.6 Å². The van der Waals surface area contributed by atoms with Crippen LogP contribution in [-0.4, -0.2) is 22.5 Å². The Morgan fingerprint density at radius 1 is 1.23 bits per heavy atom. The van der Waals surface area contributed by atoms with Crippen LogP contribution in [0.3, 0.4) is 0 Å². The van der Waals surface area contributed by atoms with Gasteiger partial charge in [0.2, 0.25) is 0 Å². The average Bonchev–Trinajstić information content (AvgIpc) is 2.85. The summed E-state index contributed by atoms with van der Waals surface area (Å²) in [6.45, 7) is 3.71. The molecule has 3 N–H and O–H groups in total. The Balaban J connectivity index is 1.71. The number of carbonyl (C=O) groups excluding carboxylic acids is 2. The molecule has 1 atom stereocenters. The van der Waals surface area contributed by atoms with E-state index in [1.165, 1.54) is 37.7 Å². The normalized spacial score (nSPS) is 23.8. The molecule has 1 saturated carbocycles. The van der Waals surface area contributed by atoms with Gasteiger partial charge in [-0.2, -0.15) is 0 Å². The highest BCUT2D eigenvalue weighted by Crippen LogP contribution is 2.33. The Kier molecular flexibility index (Phi) is 5.35. The van der Waals surface area contributed by atoms with E-state index in [0.29, 0.717) is 18.0 Å². The highest BCUT2D eigenvalue weighted by atomic mass is 16.3. The van der Waals surface area contributed by atoms with Gasteiger partial charge in [-0.1, -0.05) is 44.7 Å². The molecule has 3 rings (SSSR count). The van der Waals surface area contributed by atoms with Crippen LogP contribution in [0.4, 0.5) is 5.69 Å². The van der Waals surface area contributed by atoms with Crippen molar-refractivity contribution in [3.8, 4) is 0 Å². The first kappa shape index (κ1) is 18.5. The maximum absolute atomic E-state index is 12.5. The molecule has 26 heavy (non-hydrogen) atoms. The molecule has 1 aliphatic heterocycles. The van der Waals surface area contributed by atoms with Gasteiger partial charge in [0.1, 0.15) is 11.3 Å². The summed E-state index contributed by atoms with van der Waals surface area (Å²) in [5.74, 6) is -0.642. The molecule has 0 radical (unpaired) electrons. The first-order chi connectivity index (χ1) is 12.4. The van der Waals surface area contributed by atoms with E-state index >= 15 is 0 Å².